The predicted octanol–water partition coefficient (Wildman–Crippen LogP) is 4.02. The van der Waals surface area contributed by atoms with Crippen LogP contribution in [-0.4, -0.2) is 12.6 Å². The van der Waals surface area contributed by atoms with Gasteiger partial charge in [0.25, 0.3) is 0 Å². The summed E-state index contributed by atoms with van der Waals surface area (Å²) in [7, 11) is 0. The van der Waals surface area contributed by atoms with E-state index < -0.39 is 0 Å². The number of nitriles is 1. The van der Waals surface area contributed by atoms with Crippen LogP contribution in [0, 0.1) is 17.2 Å². The van der Waals surface area contributed by atoms with Crippen LogP contribution in [-0.2, 0) is 0 Å². The van der Waals surface area contributed by atoms with E-state index in [4.69, 9.17) is 5.26 Å². The highest BCUT2D eigenvalue weighted by Gasteiger charge is 2.21. The molecule has 0 amide bonds. The van der Waals surface area contributed by atoms with Crippen LogP contribution in [0.4, 0.5) is 0 Å². The standard InChI is InChI=1S/C15H28N2/c1-2-3-4-5-6-7-8-9-15(12-16)17-13-14-10-11-14/h14-15,17H,2-11,13H2,1H3. The van der Waals surface area contributed by atoms with Gasteiger partial charge in [0.1, 0.15) is 0 Å². The fraction of sp³-hybridized carbons (Fsp3) is 0.933. The van der Waals surface area contributed by atoms with Gasteiger partial charge in [0.2, 0.25) is 0 Å². The number of nitrogens with zero attached hydrogens (tertiary/aromatic N) is 1. The summed E-state index contributed by atoms with van der Waals surface area (Å²) in [6.07, 6.45) is 13.1. The van der Waals surface area contributed by atoms with Crippen molar-refractivity contribution in [3.8, 4) is 6.07 Å². The summed E-state index contributed by atoms with van der Waals surface area (Å²) >= 11 is 0. The van der Waals surface area contributed by atoms with Gasteiger partial charge in [0.15, 0.2) is 0 Å². The van der Waals surface area contributed by atoms with E-state index in [2.05, 4.69) is 18.3 Å². The van der Waals surface area contributed by atoms with Gasteiger partial charge < -0.3 is 5.32 Å². The number of rotatable bonds is 11. The molecular formula is C15H28N2. The molecule has 98 valence electrons. The zero-order valence-electron chi connectivity index (χ0n) is 11.4. The molecule has 1 fully saturated rings. The van der Waals surface area contributed by atoms with Gasteiger partial charge in [-0.25, -0.2) is 0 Å². The molecule has 0 aromatic heterocycles. The van der Waals surface area contributed by atoms with Gasteiger partial charge in [-0.2, -0.15) is 5.26 Å². The molecule has 2 heteroatoms. The van der Waals surface area contributed by atoms with Gasteiger partial charge in [-0.05, 0) is 31.7 Å². The molecule has 0 aromatic rings. The normalized spacial score (nSPS) is 16.7. The molecule has 1 rings (SSSR count). The Morgan fingerprint density at radius 3 is 2.35 bits per heavy atom. The second-order valence-electron chi connectivity index (χ2n) is 5.44. The fourth-order valence-electron chi connectivity index (χ4n) is 2.15. The van der Waals surface area contributed by atoms with E-state index in [0.29, 0.717) is 0 Å². The van der Waals surface area contributed by atoms with E-state index in [1.54, 1.807) is 0 Å². The molecule has 0 spiro atoms. The van der Waals surface area contributed by atoms with Crippen LogP contribution in [0.5, 0.6) is 0 Å². The second kappa shape index (κ2) is 9.48. The van der Waals surface area contributed by atoms with Crippen LogP contribution in [0.15, 0.2) is 0 Å². The number of hydrogen-bond donors (Lipinski definition) is 1. The van der Waals surface area contributed by atoms with Crippen molar-refractivity contribution in [3.05, 3.63) is 0 Å². The third-order valence-electron chi connectivity index (χ3n) is 3.60. The van der Waals surface area contributed by atoms with Crippen LogP contribution < -0.4 is 5.32 Å². The molecule has 1 atom stereocenters. The summed E-state index contributed by atoms with van der Waals surface area (Å²) in [5.74, 6) is 0.875. The van der Waals surface area contributed by atoms with Crippen molar-refractivity contribution in [2.45, 2.75) is 77.2 Å². The SMILES string of the molecule is CCCCCCCCCC(C#N)NCC1CC1. The summed E-state index contributed by atoms with van der Waals surface area (Å²) in [5.41, 5.74) is 0. The topological polar surface area (TPSA) is 35.8 Å². The van der Waals surface area contributed by atoms with Crippen molar-refractivity contribution in [3.63, 3.8) is 0 Å². The lowest BCUT2D eigenvalue weighted by atomic mass is 10.1. The molecule has 0 bridgehead atoms. The summed E-state index contributed by atoms with van der Waals surface area (Å²) in [5, 5.41) is 12.4. The minimum Gasteiger partial charge on any atom is -0.302 e. The monoisotopic (exact) mass is 236 g/mol. The van der Waals surface area contributed by atoms with Crippen molar-refractivity contribution in [1.29, 1.82) is 5.26 Å². The van der Waals surface area contributed by atoms with E-state index in [1.807, 2.05) is 0 Å². The third kappa shape index (κ3) is 8.21. The van der Waals surface area contributed by atoms with Gasteiger partial charge in [-0.15, -0.1) is 0 Å². The Labute approximate surface area is 107 Å². The van der Waals surface area contributed by atoms with Crippen LogP contribution in [0.25, 0.3) is 0 Å². The number of nitrogens with one attached hydrogen (secondary N) is 1. The van der Waals surface area contributed by atoms with Crippen LogP contribution >= 0.6 is 0 Å². The Balaban J connectivity index is 1.86. The second-order valence-corrected chi connectivity index (χ2v) is 5.44. The first-order chi connectivity index (χ1) is 8.36. The average molecular weight is 236 g/mol. The molecule has 1 unspecified atom stereocenters. The lowest BCUT2D eigenvalue weighted by Gasteiger charge is -2.10. The molecule has 0 heterocycles. The Bertz CT molecular complexity index is 215. The summed E-state index contributed by atoms with van der Waals surface area (Å²) < 4.78 is 0. The molecule has 0 saturated heterocycles. The predicted molar refractivity (Wildman–Crippen MR) is 72.7 cm³/mol. The first-order valence-electron chi connectivity index (χ1n) is 7.49. The van der Waals surface area contributed by atoms with Gasteiger partial charge in [-0.1, -0.05) is 51.9 Å². The molecule has 1 aliphatic carbocycles. The number of hydrogen-bond acceptors (Lipinski definition) is 2. The van der Waals surface area contributed by atoms with Gasteiger partial charge in [0, 0.05) is 0 Å². The first-order valence-corrected chi connectivity index (χ1v) is 7.49. The molecule has 0 aliphatic heterocycles. The van der Waals surface area contributed by atoms with Crippen LogP contribution in [0.1, 0.15) is 71.1 Å². The van der Waals surface area contributed by atoms with Crippen LogP contribution in [0.2, 0.25) is 0 Å². The van der Waals surface area contributed by atoms with E-state index in [0.717, 1.165) is 18.9 Å². The maximum Gasteiger partial charge on any atom is 0.0953 e. The zero-order valence-corrected chi connectivity index (χ0v) is 11.4. The summed E-state index contributed by atoms with van der Waals surface area (Å²) in [6.45, 7) is 3.32. The van der Waals surface area contributed by atoms with Crippen molar-refractivity contribution in [2.75, 3.05) is 6.54 Å². The van der Waals surface area contributed by atoms with Crippen molar-refractivity contribution in [1.82, 2.24) is 5.32 Å². The third-order valence-corrected chi connectivity index (χ3v) is 3.60. The quantitative estimate of drug-likeness (QED) is 0.550. The maximum atomic E-state index is 9.02. The summed E-state index contributed by atoms with van der Waals surface area (Å²) in [4.78, 5) is 0. The minimum absolute atomic E-state index is 0.103. The van der Waals surface area contributed by atoms with Crippen molar-refractivity contribution < 1.29 is 0 Å². The molecule has 17 heavy (non-hydrogen) atoms. The molecule has 0 aromatic carbocycles. The lowest BCUT2D eigenvalue weighted by Crippen LogP contribution is -2.29. The van der Waals surface area contributed by atoms with E-state index >= 15 is 0 Å². The Kier molecular flexibility index (Phi) is 8.09. The van der Waals surface area contributed by atoms with Crippen molar-refractivity contribution >= 4 is 0 Å². The molecule has 1 aliphatic rings. The minimum atomic E-state index is 0.103. The Morgan fingerprint density at radius 2 is 1.76 bits per heavy atom. The molecule has 1 saturated carbocycles. The molecule has 2 nitrogen and oxygen atoms in total. The number of unbranched alkanes of at least 4 members (excludes halogenated alkanes) is 6. The van der Waals surface area contributed by atoms with Gasteiger partial charge >= 0.3 is 0 Å². The largest absolute Gasteiger partial charge is 0.302 e. The maximum absolute atomic E-state index is 9.02. The van der Waals surface area contributed by atoms with Gasteiger partial charge in [0.05, 0.1) is 12.1 Å². The highest BCUT2D eigenvalue weighted by atomic mass is 14.9. The smallest absolute Gasteiger partial charge is 0.0953 e. The van der Waals surface area contributed by atoms with E-state index in [9.17, 15) is 0 Å². The van der Waals surface area contributed by atoms with Crippen molar-refractivity contribution in [2.24, 2.45) is 5.92 Å². The highest BCUT2D eigenvalue weighted by molar-refractivity contribution is 4.91. The lowest BCUT2D eigenvalue weighted by molar-refractivity contribution is 0.502. The molecule has 0 radical (unpaired) electrons. The zero-order chi connectivity index (χ0) is 12.3. The van der Waals surface area contributed by atoms with E-state index in [1.165, 1.54) is 57.8 Å². The first kappa shape index (κ1) is 14.5. The average Bonchev–Trinajstić information content (AvgIpc) is 3.16. The van der Waals surface area contributed by atoms with Crippen LogP contribution in [0.3, 0.4) is 0 Å². The summed E-state index contributed by atoms with van der Waals surface area (Å²) in [6, 6.07) is 2.49. The van der Waals surface area contributed by atoms with Gasteiger partial charge in [-0.3, -0.25) is 0 Å². The molecular weight excluding hydrogens is 208 g/mol. The molecule has 1 N–H and O–H groups in total. The fourth-order valence-corrected chi connectivity index (χ4v) is 2.15. The Hall–Kier alpha value is -0.550. The highest BCUT2D eigenvalue weighted by Crippen LogP contribution is 2.27. The Morgan fingerprint density at radius 1 is 1.12 bits per heavy atom. The van der Waals surface area contributed by atoms with E-state index in [-0.39, 0.29) is 6.04 Å².